The van der Waals surface area contributed by atoms with E-state index in [9.17, 15) is 9.90 Å². The third-order valence-electron chi connectivity index (χ3n) is 1.63. The highest BCUT2D eigenvalue weighted by Crippen LogP contribution is 2.26. The van der Waals surface area contributed by atoms with Crippen LogP contribution in [0.4, 0.5) is 0 Å². The molecule has 72 valence electrons. The number of nitriles is 1. The van der Waals surface area contributed by atoms with Crippen LogP contribution in [-0.4, -0.2) is 18.2 Å². The number of hydrogen-bond acceptors (Lipinski definition) is 5. The average molecular weight is 209 g/mol. The van der Waals surface area contributed by atoms with Crippen molar-refractivity contribution in [1.82, 2.24) is 0 Å². The summed E-state index contributed by atoms with van der Waals surface area (Å²) in [5, 5.41) is 18.0. The second-order valence-electron chi connectivity index (χ2n) is 2.49. The lowest BCUT2D eigenvalue weighted by Crippen LogP contribution is -2.01. The van der Waals surface area contributed by atoms with Crippen LogP contribution in [0.15, 0.2) is 17.0 Å². The van der Waals surface area contributed by atoms with Crippen molar-refractivity contribution in [3.8, 4) is 11.8 Å². The smallest absolute Gasteiger partial charge is 0.338 e. The quantitative estimate of drug-likeness (QED) is 0.541. The summed E-state index contributed by atoms with van der Waals surface area (Å²) in [6, 6.07) is 4.33. The lowest BCUT2D eigenvalue weighted by molar-refractivity contribution is 0.0600. The van der Waals surface area contributed by atoms with Crippen LogP contribution < -0.4 is 0 Å². The molecule has 0 heterocycles. The van der Waals surface area contributed by atoms with E-state index in [4.69, 9.17) is 5.26 Å². The third-order valence-corrected chi connectivity index (χ3v) is 2.10. The first kappa shape index (κ1) is 10.4. The van der Waals surface area contributed by atoms with E-state index in [1.165, 1.54) is 19.2 Å². The molecular weight excluding hydrogens is 202 g/mol. The van der Waals surface area contributed by atoms with Gasteiger partial charge in [0.15, 0.2) is 0 Å². The first-order valence-corrected chi connectivity index (χ1v) is 4.09. The van der Waals surface area contributed by atoms with Crippen molar-refractivity contribution >= 4 is 18.6 Å². The second kappa shape index (κ2) is 4.03. The Kier molecular flexibility index (Phi) is 2.99. The number of phenolic OH excluding ortho intramolecular Hbond substituents is 1. The zero-order valence-corrected chi connectivity index (χ0v) is 8.21. The fraction of sp³-hybridized carbons (Fsp3) is 0.111. The first-order chi connectivity index (χ1) is 6.60. The molecule has 1 aromatic rings. The van der Waals surface area contributed by atoms with Crippen molar-refractivity contribution in [1.29, 1.82) is 5.26 Å². The zero-order chi connectivity index (χ0) is 10.7. The number of hydrogen-bond donors (Lipinski definition) is 2. The number of benzene rings is 1. The summed E-state index contributed by atoms with van der Waals surface area (Å²) < 4.78 is 4.45. The van der Waals surface area contributed by atoms with Gasteiger partial charge < -0.3 is 9.84 Å². The maximum atomic E-state index is 11.1. The van der Waals surface area contributed by atoms with Gasteiger partial charge in [0, 0.05) is 0 Å². The molecule has 0 aliphatic carbocycles. The molecule has 0 aliphatic rings. The van der Waals surface area contributed by atoms with Gasteiger partial charge in [-0.3, -0.25) is 0 Å². The number of phenols is 1. The van der Waals surface area contributed by atoms with Gasteiger partial charge in [-0.25, -0.2) is 4.79 Å². The average Bonchev–Trinajstić information content (AvgIpc) is 2.20. The van der Waals surface area contributed by atoms with E-state index < -0.39 is 5.97 Å². The van der Waals surface area contributed by atoms with Gasteiger partial charge in [-0.1, -0.05) is 0 Å². The highest BCUT2D eigenvalue weighted by molar-refractivity contribution is 7.80. The standard InChI is InChI=1S/C9H7NO3S/c1-13-9(12)5-2-6(4-10)8(14)7(11)3-5/h2-3,11,14H,1H3. The van der Waals surface area contributed by atoms with Crippen LogP contribution >= 0.6 is 12.6 Å². The molecule has 14 heavy (non-hydrogen) atoms. The van der Waals surface area contributed by atoms with E-state index in [0.29, 0.717) is 0 Å². The highest BCUT2D eigenvalue weighted by Gasteiger charge is 2.12. The van der Waals surface area contributed by atoms with Crippen molar-refractivity contribution in [2.75, 3.05) is 7.11 Å². The highest BCUT2D eigenvalue weighted by atomic mass is 32.1. The Labute approximate surface area is 86.1 Å². The summed E-state index contributed by atoms with van der Waals surface area (Å²) in [7, 11) is 1.22. The maximum absolute atomic E-state index is 11.1. The van der Waals surface area contributed by atoms with Gasteiger partial charge >= 0.3 is 5.97 Å². The molecule has 0 bridgehead atoms. The lowest BCUT2D eigenvalue weighted by atomic mass is 10.1. The van der Waals surface area contributed by atoms with Gasteiger partial charge in [0.2, 0.25) is 0 Å². The summed E-state index contributed by atoms with van der Waals surface area (Å²) in [6.45, 7) is 0. The number of nitrogens with zero attached hydrogens (tertiary/aromatic N) is 1. The SMILES string of the molecule is COC(=O)c1cc(O)c(S)c(C#N)c1. The predicted molar refractivity (Wildman–Crippen MR) is 51.4 cm³/mol. The number of methoxy groups -OCH3 is 1. The summed E-state index contributed by atoms with van der Waals surface area (Å²) in [6.07, 6.45) is 0. The maximum Gasteiger partial charge on any atom is 0.338 e. The molecular formula is C9H7NO3S. The van der Waals surface area contributed by atoms with Gasteiger partial charge in [0.25, 0.3) is 0 Å². The molecule has 0 fully saturated rings. The van der Waals surface area contributed by atoms with Crippen molar-refractivity contribution in [3.05, 3.63) is 23.3 Å². The largest absolute Gasteiger partial charge is 0.507 e. The van der Waals surface area contributed by atoms with Crippen LogP contribution in [-0.2, 0) is 4.74 Å². The van der Waals surface area contributed by atoms with Crippen LogP contribution in [0.25, 0.3) is 0 Å². The van der Waals surface area contributed by atoms with Crippen LogP contribution in [0.3, 0.4) is 0 Å². The minimum atomic E-state index is -0.606. The van der Waals surface area contributed by atoms with Crippen molar-refractivity contribution in [2.45, 2.75) is 4.90 Å². The molecule has 5 heteroatoms. The molecule has 0 spiro atoms. The Morgan fingerprint density at radius 1 is 1.64 bits per heavy atom. The fourth-order valence-electron chi connectivity index (χ4n) is 0.940. The zero-order valence-electron chi connectivity index (χ0n) is 7.31. The van der Waals surface area contributed by atoms with Crippen LogP contribution in [0.1, 0.15) is 15.9 Å². The number of esters is 1. The molecule has 1 aromatic carbocycles. The Balaban J connectivity index is 3.32. The molecule has 0 radical (unpaired) electrons. The van der Waals surface area contributed by atoms with Crippen molar-refractivity contribution in [2.24, 2.45) is 0 Å². The second-order valence-corrected chi connectivity index (χ2v) is 2.94. The summed E-state index contributed by atoms with van der Waals surface area (Å²) in [5.74, 6) is -0.821. The van der Waals surface area contributed by atoms with Gasteiger partial charge in [-0.15, -0.1) is 12.6 Å². The Morgan fingerprint density at radius 3 is 2.79 bits per heavy atom. The van der Waals surface area contributed by atoms with Gasteiger partial charge in [-0.2, -0.15) is 5.26 Å². The number of ether oxygens (including phenoxy) is 1. The van der Waals surface area contributed by atoms with Crippen LogP contribution in [0.5, 0.6) is 5.75 Å². The molecule has 1 rings (SSSR count). The van der Waals surface area contributed by atoms with Crippen LogP contribution in [0.2, 0.25) is 0 Å². The van der Waals surface area contributed by atoms with E-state index in [-0.39, 0.29) is 21.8 Å². The number of aromatic hydroxyl groups is 1. The van der Waals surface area contributed by atoms with Crippen LogP contribution in [0, 0.1) is 11.3 Å². The van der Waals surface area contributed by atoms with Gasteiger partial charge in [0.1, 0.15) is 11.8 Å². The third kappa shape index (κ3) is 1.80. The molecule has 1 N–H and O–H groups in total. The number of rotatable bonds is 1. The summed E-state index contributed by atoms with van der Waals surface area (Å²) in [5.41, 5.74) is 0.257. The molecule has 0 aliphatic heterocycles. The minimum Gasteiger partial charge on any atom is -0.507 e. The fourth-order valence-corrected chi connectivity index (χ4v) is 1.12. The van der Waals surface area contributed by atoms with E-state index in [1.807, 2.05) is 6.07 Å². The lowest BCUT2D eigenvalue weighted by Gasteiger charge is -2.03. The number of carbonyl (C=O) groups is 1. The first-order valence-electron chi connectivity index (χ1n) is 3.64. The van der Waals surface area contributed by atoms with Gasteiger partial charge in [-0.05, 0) is 12.1 Å². The minimum absolute atomic E-state index is 0.124. The Morgan fingerprint density at radius 2 is 2.29 bits per heavy atom. The summed E-state index contributed by atoms with van der Waals surface area (Å²) in [4.78, 5) is 11.2. The summed E-state index contributed by atoms with van der Waals surface area (Å²) >= 11 is 3.91. The Bertz CT molecular complexity index is 423. The monoisotopic (exact) mass is 209 g/mol. The molecule has 4 nitrogen and oxygen atoms in total. The topological polar surface area (TPSA) is 70.3 Å². The molecule has 0 amide bonds. The number of carbonyl (C=O) groups excluding carboxylic acids is 1. The van der Waals surface area contributed by atoms with E-state index >= 15 is 0 Å². The molecule has 0 saturated heterocycles. The van der Waals surface area contributed by atoms with Crippen molar-refractivity contribution < 1.29 is 14.6 Å². The van der Waals surface area contributed by atoms with E-state index in [1.54, 1.807) is 0 Å². The normalized spacial score (nSPS) is 9.21. The molecule has 0 unspecified atom stereocenters. The molecule has 0 aromatic heterocycles. The Hall–Kier alpha value is -1.67. The predicted octanol–water partition coefficient (Wildman–Crippen LogP) is 1.34. The molecule has 0 atom stereocenters. The van der Waals surface area contributed by atoms with Crippen molar-refractivity contribution in [3.63, 3.8) is 0 Å². The van der Waals surface area contributed by atoms with E-state index in [2.05, 4.69) is 17.4 Å². The van der Waals surface area contributed by atoms with Gasteiger partial charge in [0.05, 0.1) is 23.1 Å². The van der Waals surface area contributed by atoms with E-state index in [0.717, 1.165) is 0 Å². The number of thiol groups is 1. The molecule has 0 saturated carbocycles.